The molecule has 3 fully saturated rings. The number of nitrogens with zero attached hydrogens (tertiary/aromatic N) is 2. The summed E-state index contributed by atoms with van der Waals surface area (Å²) in [5.41, 5.74) is 0.0236. The molecule has 0 radical (unpaired) electrons. The Kier molecular flexibility index (Phi) is 2.94. The summed E-state index contributed by atoms with van der Waals surface area (Å²) in [4.78, 5) is 36.7. The molecule has 120 valence electrons. The van der Waals surface area contributed by atoms with Crippen molar-refractivity contribution in [2.24, 2.45) is 11.8 Å². The molecular formula is C16H17N3O4. The van der Waals surface area contributed by atoms with E-state index >= 15 is 0 Å². The van der Waals surface area contributed by atoms with Crippen LogP contribution in [0.5, 0.6) is 0 Å². The fourth-order valence-corrected chi connectivity index (χ4v) is 3.63. The largest absolute Gasteiger partial charge is 0.325 e. The molecule has 1 heterocycles. The number of carbonyl (C=O) groups excluding carboxylic acids is 2. The van der Waals surface area contributed by atoms with E-state index in [2.05, 4.69) is 5.32 Å². The number of non-ortho nitro benzene ring substituents is 1. The summed E-state index contributed by atoms with van der Waals surface area (Å²) >= 11 is 0. The molecule has 4 rings (SSSR count). The molecular weight excluding hydrogens is 298 g/mol. The van der Waals surface area contributed by atoms with E-state index in [9.17, 15) is 19.7 Å². The van der Waals surface area contributed by atoms with Crippen molar-refractivity contribution in [1.29, 1.82) is 0 Å². The van der Waals surface area contributed by atoms with Gasteiger partial charge in [0.2, 0.25) is 0 Å². The van der Waals surface area contributed by atoms with Gasteiger partial charge in [-0.2, -0.15) is 0 Å². The molecule has 3 amide bonds. The van der Waals surface area contributed by atoms with Gasteiger partial charge in [0, 0.05) is 12.1 Å². The van der Waals surface area contributed by atoms with Crippen molar-refractivity contribution >= 4 is 17.6 Å². The van der Waals surface area contributed by atoms with Crippen LogP contribution in [0.1, 0.15) is 31.2 Å². The average Bonchev–Trinajstić information content (AvgIpc) is 3.42. The van der Waals surface area contributed by atoms with Crippen molar-refractivity contribution in [3.63, 3.8) is 0 Å². The lowest BCUT2D eigenvalue weighted by molar-refractivity contribution is -0.384. The summed E-state index contributed by atoms with van der Waals surface area (Å²) in [5, 5.41) is 13.7. The Morgan fingerprint density at radius 2 is 1.70 bits per heavy atom. The van der Waals surface area contributed by atoms with Crippen LogP contribution in [0.4, 0.5) is 10.5 Å². The third kappa shape index (κ3) is 2.18. The molecule has 0 unspecified atom stereocenters. The van der Waals surface area contributed by atoms with Crippen LogP contribution in [0.2, 0.25) is 0 Å². The number of rotatable bonds is 5. The van der Waals surface area contributed by atoms with Crippen LogP contribution < -0.4 is 5.32 Å². The third-order valence-corrected chi connectivity index (χ3v) is 5.09. The van der Waals surface area contributed by atoms with Gasteiger partial charge >= 0.3 is 6.03 Å². The Balaban J connectivity index is 1.56. The SMILES string of the molecule is O=C1NC(C2CC2)(C2CC2)C(=O)N1Cc1ccc([N+](=O)[O-])cc1. The molecule has 0 atom stereocenters. The Hall–Kier alpha value is -2.44. The number of imide groups is 1. The molecule has 2 aliphatic carbocycles. The van der Waals surface area contributed by atoms with E-state index in [1.807, 2.05) is 0 Å². The van der Waals surface area contributed by atoms with Crippen molar-refractivity contribution in [2.45, 2.75) is 37.8 Å². The van der Waals surface area contributed by atoms with E-state index < -0.39 is 10.5 Å². The maximum Gasteiger partial charge on any atom is 0.325 e. The first-order valence-corrected chi connectivity index (χ1v) is 7.90. The van der Waals surface area contributed by atoms with Gasteiger partial charge in [-0.3, -0.25) is 19.8 Å². The molecule has 1 N–H and O–H groups in total. The lowest BCUT2D eigenvalue weighted by Crippen LogP contribution is -2.51. The highest BCUT2D eigenvalue weighted by atomic mass is 16.6. The number of carbonyl (C=O) groups is 2. The highest BCUT2D eigenvalue weighted by Gasteiger charge is 2.65. The van der Waals surface area contributed by atoms with Crippen LogP contribution >= 0.6 is 0 Å². The van der Waals surface area contributed by atoms with Crippen LogP contribution in [0.15, 0.2) is 24.3 Å². The lowest BCUT2D eigenvalue weighted by atomic mass is 9.87. The van der Waals surface area contributed by atoms with Gasteiger partial charge in [0.15, 0.2) is 0 Å². The summed E-state index contributed by atoms with van der Waals surface area (Å²) in [7, 11) is 0. The smallest absolute Gasteiger partial charge is 0.323 e. The predicted molar refractivity (Wildman–Crippen MR) is 80.4 cm³/mol. The monoisotopic (exact) mass is 315 g/mol. The topological polar surface area (TPSA) is 92.6 Å². The quantitative estimate of drug-likeness (QED) is 0.512. The van der Waals surface area contributed by atoms with Crippen LogP contribution in [0, 0.1) is 22.0 Å². The number of nitro groups is 1. The fraction of sp³-hybridized carbons (Fsp3) is 0.500. The van der Waals surface area contributed by atoms with Crippen molar-refractivity contribution in [3.05, 3.63) is 39.9 Å². The minimum atomic E-state index is -0.683. The van der Waals surface area contributed by atoms with Crippen LogP contribution in [0.25, 0.3) is 0 Å². The second-order valence-corrected chi connectivity index (χ2v) is 6.66. The molecule has 23 heavy (non-hydrogen) atoms. The molecule has 0 spiro atoms. The van der Waals surface area contributed by atoms with Crippen LogP contribution in [0.3, 0.4) is 0 Å². The van der Waals surface area contributed by atoms with Gasteiger partial charge in [0.1, 0.15) is 5.54 Å². The maximum absolute atomic E-state index is 12.9. The Morgan fingerprint density at radius 3 is 2.17 bits per heavy atom. The van der Waals surface area contributed by atoms with Crippen LogP contribution in [-0.2, 0) is 11.3 Å². The van der Waals surface area contributed by atoms with E-state index in [1.165, 1.54) is 17.0 Å². The summed E-state index contributed by atoms with van der Waals surface area (Å²) in [6.07, 6.45) is 3.98. The minimum absolute atomic E-state index is 0.00347. The zero-order chi connectivity index (χ0) is 16.2. The molecule has 1 aliphatic heterocycles. The minimum Gasteiger partial charge on any atom is -0.323 e. The molecule has 2 saturated carbocycles. The molecule has 0 aromatic heterocycles. The maximum atomic E-state index is 12.9. The Bertz CT molecular complexity index is 680. The fourth-order valence-electron chi connectivity index (χ4n) is 3.63. The summed E-state index contributed by atoms with van der Waals surface area (Å²) in [6, 6.07) is 5.62. The van der Waals surface area contributed by atoms with E-state index in [4.69, 9.17) is 0 Å². The normalized spacial score (nSPS) is 23.0. The first-order chi connectivity index (χ1) is 11.0. The van der Waals surface area contributed by atoms with Crippen LogP contribution in [-0.4, -0.2) is 27.3 Å². The molecule has 1 aromatic carbocycles. The highest BCUT2D eigenvalue weighted by Crippen LogP contribution is 2.54. The molecule has 7 nitrogen and oxygen atoms in total. The van der Waals surface area contributed by atoms with E-state index in [0.29, 0.717) is 5.56 Å². The van der Waals surface area contributed by atoms with Gasteiger partial charge in [-0.1, -0.05) is 12.1 Å². The molecule has 3 aliphatic rings. The number of nitrogens with one attached hydrogen (secondary N) is 1. The van der Waals surface area contributed by atoms with E-state index in [1.54, 1.807) is 12.1 Å². The first kappa shape index (κ1) is 14.2. The predicted octanol–water partition coefficient (Wildman–Crippen LogP) is 2.21. The molecule has 1 aromatic rings. The van der Waals surface area contributed by atoms with Gasteiger partial charge in [0.25, 0.3) is 11.6 Å². The third-order valence-electron chi connectivity index (χ3n) is 5.09. The van der Waals surface area contributed by atoms with Gasteiger partial charge in [-0.05, 0) is 43.1 Å². The van der Waals surface area contributed by atoms with Crippen molar-refractivity contribution in [3.8, 4) is 0 Å². The van der Waals surface area contributed by atoms with Gasteiger partial charge in [-0.15, -0.1) is 0 Å². The standard InChI is InChI=1S/C16H17N3O4/c20-14-16(11-3-4-11,12-5-6-12)17-15(21)18(14)9-10-1-7-13(8-2-10)19(22)23/h1-2,7-8,11-12H,3-6,9H2,(H,17,21). The Labute approximate surface area is 132 Å². The lowest BCUT2D eigenvalue weighted by Gasteiger charge is -2.26. The van der Waals surface area contributed by atoms with E-state index in [-0.39, 0.29) is 36.0 Å². The van der Waals surface area contributed by atoms with E-state index in [0.717, 1.165) is 25.7 Å². The van der Waals surface area contributed by atoms with Crippen molar-refractivity contribution < 1.29 is 14.5 Å². The summed E-state index contributed by atoms with van der Waals surface area (Å²) < 4.78 is 0. The first-order valence-electron chi connectivity index (χ1n) is 7.90. The zero-order valence-corrected chi connectivity index (χ0v) is 12.5. The summed E-state index contributed by atoms with van der Waals surface area (Å²) in [6.45, 7) is 0.157. The van der Waals surface area contributed by atoms with Gasteiger partial charge < -0.3 is 5.32 Å². The highest BCUT2D eigenvalue weighted by molar-refractivity contribution is 6.07. The molecule has 0 bridgehead atoms. The van der Waals surface area contributed by atoms with Crippen molar-refractivity contribution in [2.75, 3.05) is 0 Å². The zero-order valence-electron chi connectivity index (χ0n) is 12.5. The van der Waals surface area contributed by atoms with Crippen molar-refractivity contribution in [1.82, 2.24) is 10.2 Å². The second kappa shape index (κ2) is 4.78. The number of amides is 3. The number of hydrogen-bond acceptors (Lipinski definition) is 4. The van der Waals surface area contributed by atoms with Gasteiger partial charge in [-0.25, -0.2) is 4.79 Å². The Morgan fingerprint density at radius 1 is 1.13 bits per heavy atom. The number of urea groups is 1. The number of nitro benzene ring substituents is 1. The molecule has 1 saturated heterocycles. The average molecular weight is 315 g/mol. The number of hydrogen-bond donors (Lipinski definition) is 1. The van der Waals surface area contributed by atoms with Gasteiger partial charge in [0.05, 0.1) is 11.5 Å². The second-order valence-electron chi connectivity index (χ2n) is 6.66. The number of benzene rings is 1. The molecule has 7 heteroatoms. The summed E-state index contributed by atoms with van der Waals surface area (Å²) in [5.74, 6) is 0.424.